The number of rotatable bonds is 8. The molecule has 3 aromatic rings. The van der Waals surface area contributed by atoms with Crippen LogP contribution < -0.4 is 26.2 Å². The molecule has 0 saturated carbocycles. The number of oxime groups is 1. The monoisotopic (exact) mass is 477 g/mol. The highest BCUT2D eigenvalue weighted by atomic mass is 16.6. The third-order valence-electron chi connectivity index (χ3n) is 5.50. The predicted octanol–water partition coefficient (Wildman–Crippen LogP) is 3.90. The van der Waals surface area contributed by atoms with Gasteiger partial charge >= 0.3 is 6.03 Å². The van der Waals surface area contributed by atoms with Gasteiger partial charge < -0.3 is 14.3 Å². The molecule has 0 fully saturated rings. The number of hydrazine groups is 2. The van der Waals surface area contributed by atoms with Crippen LogP contribution in [-0.4, -0.2) is 38.0 Å². The number of benzene rings is 3. The molecule has 0 spiro atoms. The first kappa shape index (κ1) is 25.5. The van der Waals surface area contributed by atoms with Gasteiger partial charge in [-0.3, -0.25) is 5.01 Å². The van der Waals surface area contributed by atoms with Gasteiger partial charge in [-0.25, -0.2) is 21.5 Å². The number of nitrogens with two attached hydrogens (primary N) is 2. The molecule has 184 valence electrons. The maximum Gasteiger partial charge on any atom is 0.352 e. The van der Waals surface area contributed by atoms with Crippen molar-refractivity contribution in [3.63, 3.8) is 0 Å². The van der Waals surface area contributed by atoms with E-state index < -0.39 is 6.03 Å². The highest BCUT2D eigenvalue weighted by Crippen LogP contribution is 2.27. The lowest BCUT2D eigenvalue weighted by Crippen LogP contribution is -2.49. The van der Waals surface area contributed by atoms with Crippen LogP contribution in [0, 0.1) is 13.8 Å². The molecule has 3 aromatic carbocycles. The van der Waals surface area contributed by atoms with Gasteiger partial charge in [-0.15, -0.1) is 0 Å². The van der Waals surface area contributed by atoms with Crippen molar-refractivity contribution >= 4 is 17.4 Å². The molecule has 0 atom stereocenters. The zero-order chi connectivity index (χ0) is 25.5. The Morgan fingerprint density at radius 2 is 1.66 bits per heavy atom. The summed E-state index contributed by atoms with van der Waals surface area (Å²) in [6.07, 6.45) is 0. The molecular formula is C26H31N5O4. The Labute approximate surface area is 205 Å². The molecule has 35 heavy (non-hydrogen) atoms. The number of urea groups is 1. The van der Waals surface area contributed by atoms with Gasteiger partial charge in [-0.05, 0) is 61.4 Å². The molecule has 0 aliphatic heterocycles. The summed E-state index contributed by atoms with van der Waals surface area (Å²) >= 11 is 0. The van der Waals surface area contributed by atoms with Gasteiger partial charge in [0.1, 0.15) is 30.9 Å². The Hall–Kier alpha value is -4.08. The first-order chi connectivity index (χ1) is 16.8. The van der Waals surface area contributed by atoms with E-state index in [4.69, 9.17) is 26.0 Å². The van der Waals surface area contributed by atoms with Crippen molar-refractivity contribution in [1.82, 2.24) is 5.01 Å². The largest absolute Gasteiger partial charge is 0.497 e. The second-order valence-electron chi connectivity index (χ2n) is 7.96. The number of hydrogen-bond acceptors (Lipinski definition) is 7. The van der Waals surface area contributed by atoms with Crippen molar-refractivity contribution in [2.45, 2.75) is 20.5 Å². The molecule has 2 amide bonds. The number of methoxy groups -OCH3 is 1. The number of anilines is 1. The van der Waals surface area contributed by atoms with E-state index in [1.807, 2.05) is 68.4 Å². The fraction of sp³-hybridized carbons (Fsp3) is 0.231. The Balaban J connectivity index is 1.87. The quantitative estimate of drug-likeness (QED) is 0.220. The highest BCUT2D eigenvalue weighted by molar-refractivity contribution is 6.13. The molecule has 9 heteroatoms. The normalized spacial score (nSPS) is 11.1. The summed E-state index contributed by atoms with van der Waals surface area (Å²) < 4.78 is 11.5. The summed E-state index contributed by atoms with van der Waals surface area (Å²) in [6, 6.07) is 18.4. The molecule has 3 rings (SSSR count). The van der Waals surface area contributed by atoms with Crippen LogP contribution in [0.15, 0.2) is 65.8 Å². The van der Waals surface area contributed by atoms with E-state index in [1.165, 1.54) is 14.2 Å². The summed E-state index contributed by atoms with van der Waals surface area (Å²) in [5, 5.41) is 6.18. The minimum atomic E-state index is -0.542. The number of hydrogen-bond donors (Lipinski definition) is 2. The highest BCUT2D eigenvalue weighted by Gasteiger charge is 2.19. The second-order valence-corrected chi connectivity index (χ2v) is 7.96. The van der Waals surface area contributed by atoms with Gasteiger partial charge in [-0.1, -0.05) is 29.4 Å². The SMILES string of the molecule is CO/N=C(\c1cccc(OC)c1)c1ccc(OCc2c(C)cccc2N(N)C(=O)N(C)N)c(C)c1. The molecule has 0 bridgehead atoms. The van der Waals surface area contributed by atoms with Crippen LogP contribution in [0.5, 0.6) is 11.5 Å². The summed E-state index contributed by atoms with van der Waals surface area (Å²) in [4.78, 5) is 17.4. The van der Waals surface area contributed by atoms with Crippen LogP contribution in [0.3, 0.4) is 0 Å². The van der Waals surface area contributed by atoms with Crippen molar-refractivity contribution in [3.8, 4) is 11.5 Å². The van der Waals surface area contributed by atoms with E-state index in [-0.39, 0.29) is 6.61 Å². The fourth-order valence-corrected chi connectivity index (χ4v) is 3.62. The molecule has 0 aromatic heterocycles. The van der Waals surface area contributed by atoms with Gasteiger partial charge in [-0.2, -0.15) is 0 Å². The molecule has 4 N–H and O–H groups in total. The number of amides is 2. The van der Waals surface area contributed by atoms with E-state index >= 15 is 0 Å². The Kier molecular flexibility index (Phi) is 8.30. The topological polar surface area (TPSA) is 116 Å². The van der Waals surface area contributed by atoms with E-state index in [1.54, 1.807) is 13.2 Å². The standard InChI is InChI=1S/C26H31N5O4/c1-17-8-6-11-23(31(28)26(32)30(3)27)22(17)16-35-24-13-12-20(14-18(24)2)25(29-34-5)19-9-7-10-21(15-19)33-4/h6-15H,16,27-28H2,1-5H3/b29-25+. The lowest BCUT2D eigenvalue weighted by molar-refractivity contribution is 0.214. The minimum absolute atomic E-state index is 0.215. The van der Waals surface area contributed by atoms with Crippen molar-refractivity contribution in [3.05, 3.63) is 88.5 Å². The number of aryl methyl sites for hydroxylation is 2. The lowest BCUT2D eigenvalue weighted by Gasteiger charge is -2.24. The van der Waals surface area contributed by atoms with Gasteiger partial charge in [0.25, 0.3) is 0 Å². The lowest BCUT2D eigenvalue weighted by atomic mass is 10.00. The maximum atomic E-state index is 12.3. The van der Waals surface area contributed by atoms with Crippen molar-refractivity contribution < 1.29 is 19.1 Å². The molecule has 0 heterocycles. The second kappa shape index (κ2) is 11.4. The zero-order valence-corrected chi connectivity index (χ0v) is 20.6. The van der Waals surface area contributed by atoms with Gasteiger partial charge in [0.2, 0.25) is 0 Å². The van der Waals surface area contributed by atoms with E-state index in [0.717, 1.165) is 43.6 Å². The van der Waals surface area contributed by atoms with Crippen LogP contribution >= 0.6 is 0 Å². The molecular weight excluding hydrogens is 446 g/mol. The van der Waals surface area contributed by atoms with Gasteiger partial charge in [0.15, 0.2) is 0 Å². The van der Waals surface area contributed by atoms with Gasteiger partial charge in [0.05, 0.1) is 12.8 Å². The first-order valence-corrected chi connectivity index (χ1v) is 10.9. The average Bonchev–Trinajstić information content (AvgIpc) is 2.86. The van der Waals surface area contributed by atoms with Crippen LogP contribution in [-0.2, 0) is 11.4 Å². The molecule has 9 nitrogen and oxygen atoms in total. The smallest absolute Gasteiger partial charge is 0.352 e. The Morgan fingerprint density at radius 1 is 0.943 bits per heavy atom. The van der Waals surface area contributed by atoms with Crippen molar-refractivity contribution in [2.24, 2.45) is 16.8 Å². The predicted molar refractivity (Wildman–Crippen MR) is 136 cm³/mol. The third kappa shape index (κ3) is 5.89. The summed E-state index contributed by atoms with van der Waals surface area (Å²) in [6.45, 7) is 4.10. The maximum absolute atomic E-state index is 12.3. The Bertz CT molecular complexity index is 1230. The van der Waals surface area contributed by atoms with Crippen LogP contribution in [0.2, 0.25) is 0 Å². The van der Waals surface area contributed by atoms with Crippen LogP contribution in [0.4, 0.5) is 10.5 Å². The number of ether oxygens (including phenoxy) is 2. The summed E-state index contributed by atoms with van der Waals surface area (Å²) in [7, 11) is 4.57. The average molecular weight is 478 g/mol. The van der Waals surface area contributed by atoms with E-state index in [0.29, 0.717) is 17.1 Å². The fourth-order valence-electron chi connectivity index (χ4n) is 3.62. The third-order valence-corrected chi connectivity index (χ3v) is 5.50. The van der Waals surface area contributed by atoms with Crippen LogP contribution in [0.25, 0.3) is 0 Å². The minimum Gasteiger partial charge on any atom is -0.497 e. The molecule has 0 unspecified atom stereocenters. The van der Waals surface area contributed by atoms with Crippen molar-refractivity contribution in [2.75, 3.05) is 26.3 Å². The summed E-state index contributed by atoms with van der Waals surface area (Å²) in [5.41, 5.74) is 5.55. The molecule has 0 aliphatic carbocycles. The first-order valence-electron chi connectivity index (χ1n) is 10.9. The molecule has 0 radical (unpaired) electrons. The number of nitrogens with zero attached hydrogens (tertiary/aromatic N) is 3. The summed E-state index contributed by atoms with van der Waals surface area (Å²) in [5.74, 6) is 13.0. The van der Waals surface area contributed by atoms with Crippen LogP contribution in [0.1, 0.15) is 27.8 Å². The number of carbonyl (C=O) groups excluding carboxylic acids is 1. The molecule has 0 saturated heterocycles. The van der Waals surface area contributed by atoms with E-state index in [2.05, 4.69) is 5.16 Å². The van der Waals surface area contributed by atoms with E-state index in [9.17, 15) is 4.79 Å². The number of carbonyl (C=O) groups is 1. The Morgan fingerprint density at radius 3 is 2.31 bits per heavy atom. The molecule has 0 aliphatic rings. The van der Waals surface area contributed by atoms with Gasteiger partial charge in [0, 0.05) is 23.7 Å². The zero-order valence-electron chi connectivity index (χ0n) is 20.6. The van der Waals surface area contributed by atoms with Crippen molar-refractivity contribution in [1.29, 1.82) is 0 Å².